The van der Waals surface area contributed by atoms with Gasteiger partial charge in [0.2, 0.25) is 0 Å². The Bertz CT molecular complexity index is 526. The van der Waals surface area contributed by atoms with Crippen LogP contribution in [0.3, 0.4) is 0 Å². The maximum atomic E-state index is 11.9. The van der Waals surface area contributed by atoms with Crippen molar-refractivity contribution in [2.45, 2.75) is 45.8 Å². The minimum absolute atomic E-state index is 0.131. The first kappa shape index (κ1) is 14.4. The van der Waals surface area contributed by atoms with Crippen LogP contribution >= 0.6 is 0 Å². The van der Waals surface area contributed by atoms with Gasteiger partial charge in [0.1, 0.15) is 5.75 Å². The van der Waals surface area contributed by atoms with E-state index in [-0.39, 0.29) is 11.5 Å². The topological polar surface area (TPSA) is 75.6 Å². The van der Waals surface area contributed by atoms with Gasteiger partial charge < -0.3 is 15.2 Å². The van der Waals surface area contributed by atoms with Crippen molar-refractivity contribution in [3.05, 3.63) is 28.8 Å². The lowest BCUT2D eigenvalue weighted by molar-refractivity contribution is -0.127. The van der Waals surface area contributed by atoms with Gasteiger partial charge in [-0.3, -0.25) is 4.79 Å². The molecule has 0 bridgehead atoms. The Labute approximate surface area is 117 Å². The van der Waals surface area contributed by atoms with Crippen LogP contribution in [0.15, 0.2) is 12.1 Å². The second kappa shape index (κ2) is 5.53. The van der Waals surface area contributed by atoms with E-state index in [0.717, 1.165) is 12.8 Å². The predicted octanol–water partition coefficient (Wildman–Crippen LogP) is 2.05. The molecule has 2 N–H and O–H groups in total. The van der Waals surface area contributed by atoms with Crippen LogP contribution in [0.1, 0.15) is 41.3 Å². The summed E-state index contributed by atoms with van der Waals surface area (Å²) < 4.78 is 5.70. The van der Waals surface area contributed by atoms with Crippen molar-refractivity contribution >= 4 is 11.9 Å². The van der Waals surface area contributed by atoms with Gasteiger partial charge in [-0.05, 0) is 56.9 Å². The minimum atomic E-state index is -0.970. The van der Waals surface area contributed by atoms with E-state index in [1.165, 1.54) is 0 Å². The molecule has 1 aromatic carbocycles. The van der Waals surface area contributed by atoms with Crippen LogP contribution in [0.25, 0.3) is 0 Å². The zero-order valence-corrected chi connectivity index (χ0v) is 11.9. The molecule has 1 aromatic rings. The molecule has 0 spiro atoms. The van der Waals surface area contributed by atoms with Crippen molar-refractivity contribution < 1.29 is 19.4 Å². The van der Waals surface area contributed by atoms with E-state index in [1.54, 1.807) is 32.9 Å². The molecule has 0 heterocycles. The van der Waals surface area contributed by atoms with Crippen molar-refractivity contribution in [2.24, 2.45) is 0 Å². The lowest BCUT2D eigenvalue weighted by Gasteiger charge is -2.18. The summed E-state index contributed by atoms with van der Waals surface area (Å²) in [6.07, 6.45) is 1.47. The van der Waals surface area contributed by atoms with Crippen molar-refractivity contribution in [2.75, 3.05) is 0 Å². The van der Waals surface area contributed by atoms with Crippen LogP contribution in [0.5, 0.6) is 5.75 Å². The highest BCUT2D eigenvalue weighted by molar-refractivity contribution is 5.88. The molecule has 1 unspecified atom stereocenters. The van der Waals surface area contributed by atoms with Gasteiger partial charge in [0.05, 0.1) is 5.56 Å². The zero-order chi connectivity index (χ0) is 14.9. The highest BCUT2D eigenvalue weighted by Gasteiger charge is 2.26. The number of ether oxygens (including phenoxy) is 1. The number of benzene rings is 1. The van der Waals surface area contributed by atoms with Crippen molar-refractivity contribution in [1.29, 1.82) is 0 Å². The van der Waals surface area contributed by atoms with E-state index in [9.17, 15) is 9.59 Å². The Morgan fingerprint density at radius 3 is 2.30 bits per heavy atom. The van der Waals surface area contributed by atoms with Gasteiger partial charge in [-0.1, -0.05) is 0 Å². The van der Waals surface area contributed by atoms with Crippen LogP contribution in [-0.2, 0) is 4.79 Å². The van der Waals surface area contributed by atoms with Crippen LogP contribution < -0.4 is 10.1 Å². The number of carbonyl (C=O) groups excluding carboxylic acids is 1. The number of nitrogens with one attached hydrogen (secondary N) is 1. The Hall–Kier alpha value is -2.04. The van der Waals surface area contributed by atoms with Gasteiger partial charge in [0.25, 0.3) is 5.91 Å². The smallest absolute Gasteiger partial charge is 0.335 e. The number of carbonyl (C=O) groups is 2. The van der Waals surface area contributed by atoms with E-state index >= 15 is 0 Å². The quantitative estimate of drug-likeness (QED) is 0.863. The summed E-state index contributed by atoms with van der Waals surface area (Å²) in [6.45, 7) is 5.25. The molecule has 1 fully saturated rings. The van der Waals surface area contributed by atoms with Crippen LogP contribution in [0, 0.1) is 13.8 Å². The van der Waals surface area contributed by atoms with Crippen molar-refractivity contribution in [3.63, 3.8) is 0 Å². The first-order valence-corrected chi connectivity index (χ1v) is 6.70. The van der Waals surface area contributed by atoms with Gasteiger partial charge in [0, 0.05) is 6.04 Å². The molecular weight excluding hydrogens is 258 g/mol. The highest BCUT2D eigenvalue weighted by Crippen LogP contribution is 2.26. The molecule has 5 heteroatoms. The monoisotopic (exact) mass is 277 g/mol. The first-order valence-electron chi connectivity index (χ1n) is 6.70. The summed E-state index contributed by atoms with van der Waals surface area (Å²) in [6, 6.07) is 3.40. The maximum Gasteiger partial charge on any atom is 0.335 e. The molecule has 0 aliphatic heterocycles. The SMILES string of the molecule is Cc1cc(C(=O)O)cc(C)c1OC(C)C(=O)NC1CC1. The number of rotatable bonds is 5. The molecule has 108 valence electrons. The largest absolute Gasteiger partial charge is 0.480 e. The number of hydrogen-bond donors (Lipinski definition) is 2. The van der Waals surface area contributed by atoms with E-state index in [1.807, 2.05) is 0 Å². The molecule has 1 atom stereocenters. The Balaban J connectivity index is 2.11. The summed E-state index contributed by atoms with van der Waals surface area (Å²) in [5.74, 6) is -0.524. The fourth-order valence-electron chi connectivity index (χ4n) is 2.04. The molecule has 2 rings (SSSR count). The summed E-state index contributed by atoms with van der Waals surface area (Å²) in [4.78, 5) is 22.8. The van der Waals surface area contributed by atoms with Crippen LogP contribution in [0.2, 0.25) is 0 Å². The Morgan fingerprint density at radius 2 is 1.85 bits per heavy atom. The van der Waals surface area contributed by atoms with Crippen molar-refractivity contribution in [1.82, 2.24) is 5.32 Å². The average Bonchev–Trinajstić information content (AvgIpc) is 3.16. The second-order valence-electron chi connectivity index (χ2n) is 5.29. The van der Waals surface area contributed by atoms with Crippen LogP contribution in [0.4, 0.5) is 0 Å². The van der Waals surface area contributed by atoms with E-state index < -0.39 is 12.1 Å². The third-order valence-electron chi connectivity index (χ3n) is 3.29. The fourth-order valence-corrected chi connectivity index (χ4v) is 2.04. The summed E-state index contributed by atoms with van der Waals surface area (Å²) in [5, 5.41) is 11.9. The molecule has 1 amide bonds. The normalized spacial score (nSPS) is 15.6. The molecule has 1 saturated carbocycles. The average molecular weight is 277 g/mol. The molecule has 0 radical (unpaired) electrons. The van der Waals surface area contributed by atoms with Gasteiger partial charge in [-0.2, -0.15) is 0 Å². The Morgan fingerprint density at radius 1 is 1.30 bits per heavy atom. The minimum Gasteiger partial charge on any atom is -0.480 e. The summed E-state index contributed by atoms with van der Waals surface area (Å²) in [7, 11) is 0. The standard InChI is InChI=1S/C15H19NO4/c1-8-6-11(15(18)19)7-9(2)13(8)20-10(3)14(17)16-12-4-5-12/h6-7,10,12H,4-5H2,1-3H3,(H,16,17)(H,18,19). The van der Waals surface area contributed by atoms with E-state index in [0.29, 0.717) is 22.9 Å². The molecule has 0 saturated heterocycles. The number of amides is 1. The van der Waals surface area contributed by atoms with E-state index in [2.05, 4.69) is 5.32 Å². The Kier molecular flexibility index (Phi) is 3.97. The summed E-state index contributed by atoms with van der Waals surface area (Å²) >= 11 is 0. The number of carboxylic acids is 1. The van der Waals surface area contributed by atoms with Gasteiger partial charge in [-0.25, -0.2) is 4.79 Å². The first-order chi connectivity index (χ1) is 9.38. The molecular formula is C15H19NO4. The van der Waals surface area contributed by atoms with E-state index in [4.69, 9.17) is 9.84 Å². The highest BCUT2D eigenvalue weighted by atomic mass is 16.5. The third-order valence-corrected chi connectivity index (χ3v) is 3.29. The lowest BCUT2D eigenvalue weighted by atomic mass is 10.1. The molecule has 0 aromatic heterocycles. The lowest BCUT2D eigenvalue weighted by Crippen LogP contribution is -2.37. The molecule has 20 heavy (non-hydrogen) atoms. The molecule has 1 aliphatic rings. The fraction of sp³-hybridized carbons (Fsp3) is 0.467. The van der Waals surface area contributed by atoms with Gasteiger partial charge in [-0.15, -0.1) is 0 Å². The zero-order valence-electron chi connectivity index (χ0n) is 11.9. The predicted molar refractivity (Wildman–Crippen MR) is 74.1 cm³/mol. The number of carboxylic acid groups (broad SMARTS) is 1. The number of hydrogen-bond acceptors (Lipinski definition) is 3. The molecule has 1 aliphatic carbocycles. The number of aryl methyl sites for hydroxylation is 2. The molecule has 5 nitrogen and oxygen atoms in total. The second-order valence-corrected chi connectivity index (χ2v) is 5.29. The van der Waals surface area contributed by atoms with Crippen LogP contribution in [-0.4, -0.2) is 29.1 Å². The number of aromatic carboxylic acids is 1. The maximum absolute atomic E-state index is 11.9. The summed E-state index contributed by atoms with van der Waals surface area (Å²) in [5.41, 5.74) is 1.66. The van der Waals surface area contributed by atoms with Gasteiger partial charge in [0.15, 0.2) is 6.10 Å². The third kappa shape index (κ3) is 3.29. The van der Waals surface area contributed by atoms with Gasteiger partial charge >= 0.3 is 5.97 Å². The van der Waals surface area contributed by atoms with Crippen molar-refractivity contribution in [3.8, 4) is 5.75 Å².